The number of allylic oxidation sites excluding steroid dienone is 3. The Morgan fingerprint density at radius 2 is 1.94 bits per heavy atom. The van der Waals surface area contributed by atoms with Gasteiger partial charge in [-0.25, -0.2) is 0 Å². The fourth-order valence-electron chi connectivity index (χ4n) is 6.74. The first kappa shape index (κ1) is 27.0. The monoisotopic (exact) mass is 476 g/mol. The minimum atomic E-state index is -0.612. The molecule has 3 saturated carbocycles. The second-order valence-corrected chi connectivity index (χ2v) is 13.3. The summed E-state index contributed by atoms with van der Waals surface area (Å²) in [7, 11) is 0. The highest BCUT2D eigenvalue weighted by atomic mass is 32.2. The number of hydrogen-bond donors (Lipinski definition) is 3. The van der Waals surface area contributed by atoms with E-state index in [9.17, 15) is 15.3 Å². The second-order valence-electron chi connectivity index (χ2n) is 11.9. The first-order chi connectivity index (χ1) is 15.5. The van der Waals surface area contributed by atoms with Crippen LogP contribution >= 0.6 is 11.8 Å². The van der Waals surface area contributed by atoms with Crippen molar-refractivity contribution in [1.29, 1.82) is 0 Å². The van der Waals surface area contributed by atoms with Crippen molar-refractivity contribution in [1.82, 2.24) is 0 Å². The van der Waals surface area contributed by atoms with Crippen LogP contribution < -0.4 is 0 Å². The average molecular weight is 477 g/mol. The van der Waals surface area contributed by atoms with E-state index in [2.05, 4.69) is 44.3 Å². The highest BCUT2D eigenvalue weighted by Gasteiger charge is 2.50. The predicted molar refractivity (Wildman–Crippen MR) is 141 cm³/mol. The SMILES string of the molecule is C=C1C(=CC=C2CCC[C@]3(C)[C@@H]([C@H](C)SCCCCCC(C)(C)O)CC[C@@H]23)C[C@@H](O)C[C@@H]1O. The molecule has 0 unspecified atom stereocenters. The van der Waals surface area contributed by atoms with Crippen molar-refractivity contribution >= 4 is 11.8 Å². The maximum absolute atomic E-state index is 10.2. The molecule has 6 atom stereocenters. The van der Waals surface area contributed by atoms with E-state index in [0.717, 1.165) is 29.9 Å². The number of aliphatic hydroxyl groups is 3. The molecular formula is C29H48O3S. The third-order valence-electron chi connectivity index (χ3n) is 8.68. The molecule has 0 aromatic rings. The Kier molecular flexibility index (Phi) is 9.39. The molecule has 3 N–H and O–H groups in total. The Morgan fingerprint density at radius 3 is 2.67 bits per heavy atom. The summed E-state index contributed by atoms with van der Waals surface area (Å²) in [4.78, 5) is 0. The van der Waals surface area contributed by atoms with E-state index in [1.807, 2.05) is 13.8 Å². The van der Waals surface area contributed by atoms with Gasteiger partial charge in [0.25, 0.3) is 0 Å². The molecule has 0 amide bonds. The molecule has 33 heavy (non-hydrogen) atoms. The third kappa shape index (κ3) is 6.99. The number of rotatable bonds is 9. The lowest BCUT2D eigenvalue weighted by Crippen LogP contribution is -2.37. The van der Waals surface area contributed by atoms with Crippen molar-refractivity contribution in [2.24, 2.45) is 17.3 Å². The summed E-state index contributed by atoms with van der Waals surface area (Å²) in [6, 6.07) is 0. The summed E-state index contributed by atoms with van der Waals surface area (Å²) >= 11 is 2.16. The molecule has 3 fully saturated rings. The summed E-state index contributed by atoms with van der Waals surface area (Å²) < 4.78 is 0. The van der Waals surface area contributed by atoms with Gasteiger partial charge in [-0.1, -0.05) is 51.0 Å². The minimum absolute atomic E-state index is 0.387. The van der Waals surface area contributed by atoms with Gasteiger partial charge in [-0.05, 0) is 99.4 Å². The van der Waals surface area contributed by atoms with E-state index in [-0.39, 0.29) is 0 Å². The molecule has 0 radical (unpaired) electrons. The number of fused-ring (bicyclic) bond motifs is 1. The Hall–Kier alpha value is -0.550. The lowest BCUT2D eigenvalue weighted by atomic mass is 9.63. The maximum Gasteiger partial charge on any atom is 0.0811 e. The van der Waals surface area contributed by atoms with E-state index in [1.54, 1.807) is 5.57 Å². The van der Waals surface area contributed by atoms with Crippen molar-refractivity contribution in [3.05, 3.63) is 35.5 Å². The fourth-order valence-corrected chi connectivity index (χ4v) is 8.16. The number of thioether (sulfide) groups is 1. The van der Waals surface area contributed by atoms with E-state index < -0.39 is 17.8 Å². The van der Waals surface area contributed by atoms with Crippen LogP contribution in [0.15, 0.2) is 35.5 Å². The smallest absolute Gasteiger partial charge is 0.0811 e. The molecule has 0 heterocycles. The van der Waals surface area contributed by atoms with Gasteiger partial charge in [0.15, 0.2) is 0 Å². The van der Waals surface area contributed by atoms with Crippen LogP contribution in [0.3, 0.4) is 0 Å². The Labute approximate surface area is 206 Å². The van der Waals surface area contributed by atoms with Gasteiger partial charge in [0.05, 0.1) is 17.8 Å². The Bertz CT molecular complexity index is 734. The normalized spacial score (nSPS) is 36.4. The van der Waals surface area contributed by atoms with Crippen molar-refractivity contribution < 1.29 is 15.3 Å². The topological polar surface area (TPSA) is 60.7 Å². The molecule has 0 aliphatic heterocycles. The number of unbranched alkanes of at least 4 members (excludes halogenated alkanes) is 2. The Morgan fingerprint density at radius 1 is 1.18 bits per heavy atom. The summed E-state index contributed by atoms with van der Waals surface area (Å²) in [6.45, 7) is 12.9. The van der Waals surface area contributed by atoms with Gasteiger partial charge in [0.2, 0.25) is 0 Å². The second kappa shape index (κ2) is 11.5. The van der Waals surface area contributed by atoms with Gasteiger partial charge in [-0.3, -0.25) is 0 Å². The number of aliphatic hydroxyl groups excluding tert-OH is 2. The van der Waals surface area contributed by atoms with Crippen molar-refractivity contribution in [3.8, 4) is 0 Å². The highest BCUT2D eigenvalue weighted by Crippen LogP contribution is 2.59. The van der Waals surface area contributed by atoms with E-state index >= 15 is 0 Å². The molecule has 0 aromatic heterocycles. The van der Waals surface area contributed by atoms with Crippen LogP contribution in [0.25, 0.3) is 0 Å². The van der Waals surface area contributed by atoms with Crippen LogP contribution in [0.4, 0.5) is 0 Å². The van der Waals surface area contributed by atoms with E-state index in [1.165, 1.54) is 50.7 Å². The average Bonchev–Trinajstić information content (AvgIpc) is 3.08. The van der Waals surface area contributed by atoms with Gasteiger partial charge in [-0.2, -0.15) is 11.8 Å². The summed E-state index contributed by atoms with van der Waals surface area (Å²) in [5, 5.41) is 30.8. The van der Waals surface area contributed by atoms with Crippen molar-refractivity contribution in [2.75, 3.05) is 5.75 Å². The maximum atomic E-state index is 10.2. The van der Waals surface area contributed by atoms with Gasteiger partial charge in [0, 0.05) is 11.7 Å². The van der Waals surface area contributed by atoms with Crippen molar-refractivity contribution in [2.45, 2.75) is 121 Å². The summed E-state index contributed by atoms with van der Waals surface area (Å²) in [6.07, 6.45) is 15.3. The molecular weight excluding hydrogens is 428 g/mol. The number of hydrogen-bond acceptors (Lipinski definition) is 4. The minimum Gasteiger partial charge on any atom is -0.393 e. The molecule has 3 nitrogen and oxygen atoms in total. The zero-order chi connectivity index (χ0) is 24.2. The molecule has 4 heteroatoms. The molecule has 188 valence electrons. The van der Waals surface area contributed by atoms with E-state index in [4.69, 9.17) is 0 Å². The van der Waals surface area contributed by atoms with Crippen LogP contribution in [0.1, 0.15) is 98.3 Å². The first-order valence-electron chi connectivity index (χ1n) is 13.3. The van der Waals surface area contributed by atoms with Crippen molar-refractivity contribution in [3.63, 3.8) is 0 Å². The quantitative estimate of drug-likeness (QED) is 0.329. The lowest BCUT2D eigenvalue weighted by molar-refractivity contribution is 0.0682. The summed E-state index contributed by atoms with van der Waals surface area (Å²) in [5.74, 6) is 2.66. The standard InChI is InChI=1S/C29H48O3S/c1-20-23(18-24(30)19-27(20)31)12-11-22-10-9-16-29(5)25(13-14-26(22)29)21(2)33-17-8-6-7-15-28(3,4)32/h11-12,21,24-27,30-32H,1,6-10,13-19H2,2-5H3/t21-,24+,25+,26-,27-,29+/m0/s1. The summed E-state index contributed by atoms with van der Waals surface area (Å²) in [5.41, 5.74) is 3.24. The van der Waals surface area contributed by atoms with Gasteiger partial charge in [0.1, 0.15) is 0 Å². The third-order valence-corrected chi connectivity index (χ3v) is 10.1. The van der Waals surface area contributed by atoms with Gasteiger partial charge < -0.3 is 15.3 Å². The van der Waals surface area contributed by atoms with Gasteiger partial charge >= 0.3 is 0 Å². The first-order valence-corrected chi connectivity index (χ1v) is 14.3. The van der Waals surface area contributed by atoms with Gasteiger partial charge in [-0.15, -0.1) is 0 Å². The zero-order valence-electron chi connectivity index (χ0n) is 21.5. The van der Waals surface area contributed by atoms with Crippen LogP contribution in [-0.2, 0) is 0 Å². The van der Waals surface area contributed by atoms with Crippen LogP contribution in [0.5, 0.6) is 0 Å². The molecule has 0 bridgehead atoms. The van der Waals surface area contributed by atoms with E-state index in [0.29, 0.717) is 29.4 Å². The molecule has 0 spiro atoms. The lowest BCUT2D eigenvalue weighted by Gasteiger charge is -2.44. The molecule has 0 saturated heterocycles. The molecule has 3 rings (SSSR count). The van der Waals surface area contributed by atoms with Crippen LogP contribution in [0, 0.1) is 17.3 Å². The van der Waals surface area contributed by atoms with Crippen LogP contribution in [0.2, 0.25) is 0 Å². The highest BCUT2D eigenvalue weighted by molar-refractivity contribution is 7.99. The fraction of sp³-hybridized carbons (Fsp3) is 0.793. The molecule has 3 aliphatic rings. The predicted octanol–water partition coefficient (Wildman–Crippen LogP) is 6.58. The molecule has 3 aliphatic carbocycles. The Balaban J connectivity index is 1.57. The van der Waals surface area contributed by atoms with Crippen LogP contribution in [-0.4, -0.2) is 44.1 Å². The zero-order valence-corrected chi connectivity index (χ0v) is 22.3. The largest absolute Gasteiger partial charge is 0.393 e. The molecule has 0 aromatic carbocycles.